The number of rotatable bonds is 0. The van der Waals surface area contributed by atoms with Gasteiger partial charge < -0.3 is 18.8 Å². The zero-order chi connectivity index (χ0) is 2.71. The van der Waals surface area contributed by atoms with Gasteiger partial charge in [-0.15, -0.1) is 0 Å². The first-order valence-corrected chi connectivity index (χ1v) is 1.15. The first-order chi connectivity index (χ1) is 1.41. The molecule has 0 N–H and O–H groups in total. The molecule has 0 unspecified atom stereocenters. The van der Waals surface area contributed by atoms with Crippen LogP contribution in [0.4, 0.5) is 0 Å². The summed E-state index contributed by atoms with van der Waals surface area (Å²) in [6.07, 6.45) is 2.00. The molecule has 0 nitrogen and oxygen atoms in total. The zero-order valence-electron chi connectivity index (χ0n) is 4.96. The smallest absolute Gasteiger partial charge is 1.00 e. The molecule has 0 spiro atoms. The van der Waals surface area contributed by atoms with Gasteiger partial charge in [0.25, 0.3) is 0 Å². The monoisotopic (exact) mass is 92.1 g/mol. The number of hydrogen-bond donors (Lipinski definition) is 0. The SMILES string of the molecule is C[CH-]C.[Cl-].[Li+].[Li+]. The summed E-state index contributed by atoms with van der Waals surface area (Å²) >= 11 is 0. The molecule has 0 radical (unpaired) electrons. The third-order valence-electron chi connectivity index (χ3n) is 0. The standard InChI is InChI=1S/C3H7.ClH.2Li/c1-3-2;;;/h3H,1-2H3;1H;;/q-1;;2*+1/p-1. The van der Waals surface area contributed by atoms with Crippen molar-refractivity contribution >= 4 is 0 Å². The number of halogens is 1. The van der Waals surface area contributed by atoms with Crippen molar-refractivity contribution in [1.29, 1.82) is 0 Å². The Labute approximate surface area is 70.2 Å². The molecule has 0 aromatic carbocycles. The fourth-order valence-corrected chi connectivity index (χ4v) is 0. The van der Waals surface area contributed by atoms with Crippen molar-refractivity contribution < 1.29 is 50.1 Å². The molecule has 6 heavy (non-hydrogen) atoms. The van der Waals surface area contributed by atoms with Crippen molar-refractivity contribution in [3.05, 3.63) is 6.42 Å². The molecular formula is C3H7ClLi2. The van der Waals surface area contributed by atoms with Gasteiger partial charge in [0, 0.05) is 0 Å². The molecule has 0 amide bonds. The molecule has 0 aliphatic rings. The minimum atomic E-state index is 0. The van der Waals surface area contributed by atoms with E-state index in [2.05, 4.69) is 0 Å². The summed E-state index contributed by atoms with van der Waals surface area (Å²) in [5, 5.41) is 0. The maximum absolute atomic E-state index is 2.00. The Hall–Kier alpha value is 1.48. The fraction of sp³-hybridized carbons (Fsp3) is 0.667. The predicted octanol–water partition coefficient (Wildman–Crippen LogP) is -7.76. The molecule has 0 heterocycles. The molecule has 0 fully saturated rings. The van der Waals surface area contributed by atoms with E-state index in [-0.39, 0.29) is 50.1 Å². The van der Waals surface area contributed by atoms with Crippen LogP contribution in [0.1, 0.15) is 13.8 Å². The van der Waals surface area contributed by atoms with Gasteiger partial charge in [0.1, 0.15) is 0 Å². The second-order valence-electron chi connectivity index (χ2n) is 0.577. The van der Waals surface area contributed by atoms with Crippen LogP contribution in [0.2, 0.25) is 0 Å². The molecule has 0 aliphatic carbocycles. The molecule has 0 atom stereocenters. The summed E-state index contributed by atoms with van der Waals surface area (Å²) in [6, 6.07) is 0. The van der Waals surface area contributed by atoms with Crippen LogP contribution in [-0.2, 0) is 0 Å². The van der Waals surface area contributed by atoms with Crippen molar-refractivity contribution in [2.75, 3.05) is 0 Å². The van der Waals surface area contributed by atoms with Crippen LogP contribution >= 0.6 is 0 Å². The molecule has 0 rings (SSSR count). The first kappa shape index (κ1) is 25.9. The Morgan fingerprint density at radius 2 is 1.00 bits per heavy atom. The molecule has 3 heteroatoms. The van der Waals surface area contributed by atoms with Crippen LogP contribution in [0.25, 0.3) is 0 Å². The normalized spacial score (nSPS) is 3.00. The van der Waals surface area contributed by atoms with Crippen LogP contribution in [0.5, 0.6) is 0 Å². The average Bonchev–Trinajstić information content (AvgIpc) is 0.918. The molecule has 0 aliphatic heterocycles. The van der Waals surface area contributed by atoms with Crippen LogP contribution in [-0.4, -0.2) is 0 Å². The molecule has 0 aromatic heterocycles. The summed E-state index contributed by atoms with van der Waals surface area (Å²) in [7, 11) is 0. The third-order valence-corrected chi connectivity index (χ3v) is 0. The summed E-state index contributed by atoms with van der Waals surface area (Å²) < 4.78 is 0. The van der Waals surface area contributed by atoms with Crippen molar-refractivity contribution in [2.24, 2.45) is 0 Å². The van der Waals surface area contributed by atoms with E-state index in [1.165, 1.54) is 0 Å². The minimum absolute atomic E-state index is 0. The Kier molecular flexibility index (Phi) is 136. The molecular weight excluding hydrogens is 85.4 g/mol. The molecule has 0 saturated heterocycles. The van der Waals surface area contributed by atoms with E-state index >= 15 is 0 Å². The largest absolute Gasteiger partial charge is 1.00 e. The van der Waals surface area contributed by atoms with Gasteiger partial charge in [-0.3, -0.25) is 0 Å². The van der Waals surface area contributed by atoms with E-state index in [9.17, 15) is 0 Å². The molecule has 0 aromatic rings. The van der Waals surface area contributed by atoms with Gasteiger partial charge in [0.15, 0.2) is 0 Å². The molecule has 0 saturated carbocycles. The molecule has 0 bridgehead atoms. The maximum atomic E-state index is 2.00. The molecule has 28 valence electrons. The maximum Gasteiger partial charge on any atom is 1.00 e. The van der Waals surface area contributed by atoms with Gasteiger partial charge in [-0.05, 0) is 0 Å². The zero-order valence-corrected chi connectivity index (χ0v) is 5.71. The average molecular weight is 92.4 g/mol. The van der Waals surface area contributed by atoms with Gasteiger partial charge in [-0.2, -0.15) is 13.8 Å². The van der Waals surface area contributed by atoms with Crippen LogP contribution in [0.3, 0.4) is 0 Å². The van der Waals surface area contributed by atoms with Gasteiger partial charge in [-0.25, -0.2) is 0 Å². The van der Waals surface area contributed by atoms with Crippen molar-refractivity contribution in [1.82, 2.24) is 0 Å². The Bertz CT molecular complexity index is 8.75. The summed E-state index contributed by atoms with van der Waals surface area (Å²) in [5.74, 6) is 0. The van der Waals surface area contributed by atoms with Gasteiger partial charge in [0.05, 0.1) is 0 Å². The quantitative estimate of drug-likeness (QED) is 0.206. The van der Waals surface area contributed by atoms with E-state index in [1.807, 2.05) is 20.3 Å². The van der Waals surface area contributed by atoms with E-state index in [0.29, 0.717) is 0 Å². The Balaban J connectivity index is -0.00000000667. The fourth-order valence-electron chi connectivity index (χ4n) is 0. The van der Waals surface area contributed by atoms with Crippen molar-refractivity contribution in [3.63, 3.8) is 0 Å². The summed E-state index contributed by atoms with van der Waals surface area (Å²) in [6.45, 7) is 4.00. The second kappa shape index (κ2) is 31.6. The van der Waals surface area contributed by atoms with E-state index < -0.39 is 0 Å². The topological polar surface area (TPSA) is 0 Å². The number of hydrogen-bond acceptors (Lipinski definition) is 0. The minimum Gasteiger partial charge on any atom is -1.00 e. The first-order valence-electron chi connectivity index (χ1n) is 1.15. The van der Waals surface area contributed by atoms with Crippen molar-refractivity contribution in [2.45, 2.75) is 13.8 Å². The van der Waals surface area contributed by atoms with Gasteiger partial charge >= 0.3 is 37.7 Å². The Morgan fingerprint density at radius 3 is 1.00 bits per heavy atom. The Morgan fingerprint density at radius 1 is 1.00 bits per heavy atom. The van der Waals surface area contributed by atoms with Gasteiger partial charge in [-0.1, -0.05) is 0 Å². The van der Waals surface area contributed by atoms with E-state index in [1.54, 1.807) is 0 Å². The van der Waals surface area contributed by atoms with E-state index in [0.717, 1.165) is 0 Å². The van der Waals surface area contributed by atoms with Crippen molar-refractivity contribution in [3.8, 4) is 0 Å². The van der Waals surface area contributed by atoms with Gasteiger partial charge in [0.2, 0.25) is 0 Å². The third kappa shape index (κ3) is 50.0. The summed E-state index contributed by atoms with van der Waals surface area (Å²) in [5.41, 5.74) is 0. The van der Waals surface area contributed by atoms with Crippen LogP contribution < -0.4 is 50.1 Å². The second-order valence-corrected chi connectivity index (χ2v) is 0.577. The van der Waals surface area contributed by atoms with Crippen LogP contribution in [0.15, 0.2) is 0 Å². The van der Waals surface area contributed by atoms with E-state index in [4.69, 9.17) is 0 Å². The summed E-state index contributed by atoms with van der Waals surface area (Å²) in [4.78, 5) is 0. The predicted molar refractivity (Wildman–Crippen MR) is 15.6 cm³/mol. The van der Waals surface area contributed by atoms with Crippen LogP contribution in [0, 0.1) is 6.42 Å².